The fourth-order valence-electron chi connectivity index (χ4n) is 2.66. The van der Waals surface area contributed by atoms with E-state index < -0.39 is 0 Å². The summed E-state index contributed by atoms with van der Waals surface area (Å²) in [6, 6.07) is 5.97. The number of hydrogen-bond acceptors (Lipinski definition) is 4. The van der Waals surface area contributed by atoms with E-state index in [1.807, 2.05) is 28.5 Å². The van der Waals surface area contributed by atoms with E-state index in [1.54, 1.807) is 23.9 Å². The lowest BCUT2D eigenvalue weighted by Crippen LogP contribution is -2.40. The highest BCUT2D eigenvalue weighted by atomic mass is 32.1. The molecule has 0 bridgehead atoms. The standard InChI is InChI=1S/C15H17N3OS/c19-15(9-13-4-2-8-20-13)18-7-1-3-12(10-18)14-5-6-16-11-17-14/h2,4-6,8,11-12H,1,3,7,9-10H2/t12-/m0/s1. The van der Waals surface area contributed by atoms with Gasteiger partial charge < -0.3 is 4.90 Å². The van der Waals surface area contributed by atoms with Crippen molar-refractivity contribution in [2.75, 3.05) is 13.1 Å². The number of rotatable bonds is 3. The third-order valence-corrected chi connectivity index (χ3v) is 4.58. The first kappa shape index (κ1) is 13.2. The van der Waals surface area contributed by atoms with Crippen molar-refractivity contribution >= 4 is 17.2 Å². The topological polar surface area (TPSA) is 46.1 Å². The molecular formula is C15H17N3OS. The monoisotopic (exact) mass is 287 g/mol. The van der Waals surface area contributed by atoms with Gasteiger partial charge in [-0.1, -0.05) is 6.07 Å². The van der Waals surface area contributed by atoms with Crippen molar-refractivity contribution in [3.05, 3.63) is 46.7 Å². The van der Waals surface area contributed by atoms with Crippen LogP contribution in [0.15, 0.2) is 36.1 Å². The number of amides is 1. The Labute approximate surface area is 122 Å². The van der Waals surface area contributed by atoms with Crippen LogP contribution in [0.4, 0.5) is 0 Å². The van der Waals surface area contributed by atoms with E-state index in [2.05, 4.69) is 9.97 Å². The molecule has 0 unspecified atom stereocenters. The molecule has 0 aliphatic carbocycles. The number of hydrogen-bond donors (Lipinski definition) is 0. The molecule has 0 spiro atoms. The zero-order valence-corrected chi connectivity index (χ0v) is 12.1. The highest BCUT2D eigenvalue weighted by molar-refractivity contribution is 7.10. The smallest absolute Gasteiger partial charge is 0.227 e. The maximum atomic E-state index is 12.3. The first-order valence-electron chi connectivity index (χ1n) is 6.89. The van der Waals surface area contributed by atoms with Gasteiger partial charge in [0.05, 0.1) is 6.42 Å². The summed E-state index contributed by atoms with van der Waals surface area (Å²) in [6.07, 6.45) is 6.02. The van der Waals surface area contributed by atoms with Gasteiger partial charge in [0.2, 0.25) is 5.91 Å². The molecule has 0 N–H and O–H groups in total. The number of piperidine rings is 1. The van der Waals surface area contributed by atoms with Crippen LogP contribution in [0.3, 0.4) is 0 Å². The van der Waals surface area contributed by atoms with Crippen LogP contribution in [0, 0.1) is 0 Å². The molecule has 1 saturated heterocycles. The van der Waals surface area contributed by atoms with Gasteiger partial charge in [0.15, 0.2) is 0 Å². The van der Waals surface area contributed by atoms with Crippen molar-refractivity contribution in [1.82, 2.24) is 14.9 Å². The minimum Gasteiger partial charge on any atom is -0.342 e. The van der Waals surface area contributed by atoms with E-state index in [0.717, 1.165) is 36.5 Å². The molecule has 2 aromatic heterocycles. The van der Waals surface area contributed by atoms with Crippen LogP contribution in [0.25, 0.3) is 0 Å². The molecule has 0 saturated carbocycles. The lowest BCUT2D eigenvalue weighted by Gasteiger charge is -2.32. The predicted molar refractivity (Wildman–Crippen MR) is 78.6 cm³/mol. The number of carbonyl (C=O) groups excluding carboxylic acids is 1. The lowest BCUT2D eigenvalue weighted by molar-refractivity contribution is -0.131. The molecule has 4 nitrogen and oxygen atoms in total. The van der Waals surface area contributed by atoms with Crippen LogP contribution in [0.1, 0.15) is 29.3 Å². The van der Waals surface area contributed by atoms with Gasteiger partial charge in [-0.15, -0.1) is 11.3 Å². The summed E-state index contributed by atoms with van der Waals surface area (Å²) in [7, 11) is 0. The van der Waals surface area contributed by atoms with Crippen molar-refractivity contribution in [2.24, 2.45) is 0 Å². The summed E-state index contributed by atoms with van der Waals surface area (Å²) in [5.41, 5.74) is 1.05. The molecule has 0 aromatic carbocycles. The Morgan fingerprint density at radius 2 is 2.40 bits per heavy atom. The highest BCUT2D eigenvalue weighted by Gasteiger charge is 2.25. The minimum absolute atomic E-state index is 0.228. The second kappa shape index (κ2) is 6.13. The molecule has 1 amide bonds. The van der Waals surface area contributed by atoms with Crippen LogP contribution in [0.2, 0.25) is 0 Å². The minimum atomic E-state index is 0.228. The van der Waals surface area contributed by atoms with Crippen molar-refractivity contribution < 1.29 is 4.79 Å². The first-order valence-corrected chi connectivity index (χ1v) is 7.77. The first-order chi connectivity index (χ1) is 9.83. The Balaban J connectivity index is 1.64. The highest BCUT2D eigenvalue weighted by Crippen LogP contribution is 2.25. The van der Waals surface area contributed by atoms with Gasteiger partial charge in [0.25, 0.3) is 0 Å². The van der Waals surface area contributed by atoms with Crippen LogP contribution >= 0.6 is 11.3 Å². The Kier molecular flexibility index (Phi) is 4.06. The second-order valence-electron chi connectivity index (χ2n) is 5.07. The van der Waals surface area contributed by atoms with Gasteiger partial charge >= 0.3 is 0 Å². The van der Waals surface area contributed by atoms with Gasteiger partial charge in [0, 0.05) is 35.8 Å². The molecule has 1 aliphatic heterocycles. The van der Waals surface area contributed by atoms with Crippen molar-refractivity contribution in [3.63, 3.8) is 0 Å². The fourth-order valence-corrected chi connectivity index (χ4v) is 3.36. The second-order valence-corrected chi connectivity index (χ2v) is 6.10. The largest absolute Gasteiger partial charge is 0.342 e. The van der Waals surface area contributed by atoms with E-state index >= 15 is 0 Å². The van der Waals surface area contributed by atoms with Crippen LogP contribution in [0.5, 0.6) is 0 Å². The third kappa shape index (κ3) is 3.04. The van der Waals surface area contributed by atoms with Gasteiger partial charge in [-0.25, -0.2) is 9.97 Å². The van der Waals surface area contributed by atoms with Gasteiger partial charge in [-0.05, 0) is 30.4 Å². The summed E-state index contributed by atoms with van der Waals surface area (Å²) in [4.78, 5) is 23.7. The van der Waals surface area contributed by atoms with Gasteiger partial charge in [0.1, 0.15) is 6.33 Å². The number of thiophene rings is 1. The maximum Gasteiger partial charge on any atom is 0.227 e. The Morgan fingerprint density at radius 3 is 3.15 bits per heavy atom. The quantitative estimate of drug-likeness (QED) is 0.871. The fraction of sp³-hybridized carbons (Fsp3) is 0.400. The molecule has 3 heterocycles. The molecule has 104 valence electrons. The molecule has 0 radical (unpaired) electrons. The number of likely N-dealkylation sites (tertiary alicyclic amines) is 1. The molecule has 5 heteroatoms. The molecule has 3 rings (SSSR count). The van der Waals surface area contributed by atoms with Crippen molar-refractivity contribution in [1.29, 1.82) is 0 Å². The van der Waals surface area contributed by atoms with Crippen LogP contribution in [-0.2, 0) is 11.2 Å². The van der Waals surface area contributed by atoms with Crippen LogP contribution in [-0.4, -0.2) is 33.9 Å². The van der Waals surface area contributed by atoms with E-state index in [4.69, 9.17) is 0 Å². The van der Waals surface area contributed by atoms with E-state index in [9.17, 15) is 4.79 Å². The van der Waals surface area contributed by atoms with Crippen LogP contribution < -0.4 is 0 Å². The van der Waals surface area contributed by atoms with Gasteiger partial charge in [-0.3, -0.25) is 4.79 Å². The van der Waals surface area contributed by atoms with Crippen molar-refractivity contribution in [3.8, 4) is 0 Å². The van der Waals surface area contributed by atoms with E-state index in [-0.39, 0.29) is 5.91 Å². The normalized spacial score (nSPS) is 19.0. The Hall–Kier alpha value is -1.75. The predicted octanol–water partition coefficient (Wildman–Crippen LogP) is 2.49. The van der Waals surface area contributed by atoms with E-state index in [0.29, 0.717) is 12.3 Å². The average molecular weight is 287 g/mol. The van der Waals surface area contributed by atoms with Gasteiger partial charge in [-0.2, -0.15) is 0 Å². The summed E-state index contributed by atoms with van der Waals surface area (Å²) in [5, 5.41) is 2.02. The Morgan fingerprint density at radius 1 is 1.45 bits per heavy atom. The molecular weight excluding hydrogens is 270 g/mol. The summed E-state index contributed by atoms with van der Waals surface area (Å²) < 4.78 is 0. The zero-order chi connectivity index (χ0) is 13.8. The molecule has 1 atom stereocenters. The number of nitrogens with zero attached hydrogens (tertiary/aromatic N) is 3. The average Bonchev–Trinajstić information content (AvgIpc) is 3.01. The number of aromatic nitrogens is 2. The third-order valence-electron chi connectivity index (χ3n) is 3.70. The summed E-state index contributed by atoms with van der Waals surface area (Å²) in [5.74, 6) is 0.574. The summed E-state index contributed by atoms with van der Waals surface area (Å²) >= 11 is 1.64. The summed E-state index contributed by atoms with van der Waals surface area (Å²) in [6.45, 7) is 1.65. The lowest BCUT2D eigenvalue weighted by atomic mass is 9.94. The molecule has 1 aliphatic rings. The molecule has 2 aromatic rings. The SMILES string of the molecule is O=C(Cc1cccs1)N1CCC[C@H](c2ccncn2)C1. The molecule has 20 heavy (non-hydrogen) atoms. The maximum absolute atomic E-state index is 12.3. The zero-order valence-electron chi connectivity index (χ0n) is 11.2. The van der Waals surface area contributed by atoms with Crippen molar-refractivity contribution in [2.45, 2.75) is 25.2 Å². The molecule has 1 fully saturated rings. The Bertz CT molecular complexity index is 556. The van der Waals surface area contributed by atoms with E-state index in [1.165, 1.54) is 0 Å². The number of carbonyl (C=O) groups is 1.